The highest BCUT2D eigenvalue weighted by Gasteiger charge is 2.45. The van der Waals surface area contributed by atoms with E-state index in [-0.39, 0.29) is 5.57 Å². The molecule has 1 aromatic rings. The fourth-order valence-corrected chi connectivity index (χ4v) is 2.84. The largest absolute Gasteiger partial charge is 0.507 e. The third-order valence-electron chi connectivity index (χ3n) is 3.88. The molecule has 1 aliphatic carbocycles. The summed E-state index contributed by atoms with van der Waals surface area (Å²) in [5, 5.41) is 11.2. The number of rotatable bonds is 4. The SMILES string of the molecule is [2H]c1c(O)c2c(c([2H])c1C([2H])([2H])C([2H])([2H])C([2H])([2H])C([2H])([2H])C([2H])([2H])[2H])OC(C([2H])([2H])[2H])(C([2H])([2H])[2H])[C@@H]1CC([2H])([2H])C(C)=C[C@@H]21. The second kappa shape index (κ2) is 6.22. The summed E-state index contributed by atoms with van der Waals surface area (Å²) in [6.45, 7) is -9.70. The minimum absolute atomic E-state index is 0.0233. The first-order valence-electron chi connectivity index (χ1n) is 17.4. The molecule has 0 aromatic heterocycles. The van der Waals surface area contributed by atoms with Gasteiger partial charge in [0.05, 0.1) is 2.74 Å². The maximum atomic E-state index is 11.2. The molecule has 0 spiro atoms. The Balaban J connectivity index is 2.50. The lowest BCUT2D eigenvalue weighted by Crippen LogP contribution is -2.45. The second-order valence-corrected chi connectivity index (χ2v) is 5.42. The Labute approximate surface area is 170 Å². The van der Waals surface area contributed by atoms with Crippen LogP contribution in [0.5, 0.6) is 11.5 Å². The Morgan fingerprint density at radius 1 is 1.48 bits per heavy atom. The molecule has 1 aliphatic heterocycles. The average Bonchev–Trinajstić information content (AvgIpc) is 2.79. The number of hydrogen-bond donors (Lipinski definition) is 1. The topological polar surface area (TPSA) is 29.5 Å². The summed E-state index contributed by atoms with van der Waals surface area (Å²) in [7, 11) is 0. The van der Waals surface area contributed by atoms with Crippen molar-refractivity contribution in [2.24, 2.45) is 5.92 Å². The van der Waals surface area contributed by atoms with Crippen molar-refractivity contribution >= 4 is 0 Å². The Kier molecular flexibility index (Phi) is 1.24. The summed E-state index contributed by atoms with van der Waals surface area (Å²) >= 11 is 0. The lowest BCUT2D eigenvalue weighted by Gasteiger charge is -2.46. The summed E-state index contributed by atoms with van der Waals surface area (Å²) in [5.74, 6) is -5.64. The fraction of sp³-hybridized carbons (Fsp3) is 0.619. The van der Waals surface area contributed by atoms with Crippen molar-refractivity contribution in [1.29, 1.82) is 0 Å². The van der Waals surface area contributed by atoms with E-state index in [1.54, 1.807) is 0 Å². The molecule has 23 heavy (non-hydrogen) atoms. The van der Waals surface area contributed by atoms with E-state index in [0.717, 1.165) is 6.08 Å². The molecule has 0 bridgehead atoms. The zero-order chi connectivity index (χ0) is 34.8. The molecule has 1 aromatic carbocycles. The van der Waals surface area contributed by atoms with Crippen molar-refractivity contribution in [2.45, 2.75) is 77.3 Å². The van der Waals surface area contributed by atoms with Crippen LogP contribution in [-0.2, 0) is 6.37 Å². The van der Waals surface area contributed by atoms with Crippen LogP contribution in [-0.4, -0.2) is 10.7 Å². The predicted molar refractivity (Wildman–Crippen MR) is 95.3 cm³/mol. The van der Waals surface area contributed by atoms with E-state index in [9.17, 15) is 5.11 Å². The zero-order valence-corrected chi connectivity index (χ0v) is 12.3. The lowest BCUT2D eigenvalue weighted by atomic mass is 9.68. The van der Waals surface area contributed by atoms with E-state index >= 15 is 0 Å². The van der Waals surface area contributed by atoms with Crippen molar-refractivity contribution in [3.8, 4) is 11.5 Å². The van der Waals surface area contributed by atoms with Gasteiger partial charge in [-0.1, -0.05) is 31.2 Å². The van der Waals surface area contributed by atoms with Gasteiger partial charge in [-0.3, -0.25) is 0 Å². The first-order chi connectivity index (χ1) is 19.2. The molecule has 2 heteroatoms. The molecule has 0 radical (unpaired) electrons. The molecular formula is C21H30O2. The van der Waals surface area contributed by atoms with Crippen molar-refractivity contribution in [3.63, 3.8) is 0 Å². The Morgan fingerprint density at radius 3 is 3.13 bits per heavy atom. The molecule has 2 aliphatic rings. The first-order valence-corrected chi connectivity index (χ1v) is 6.93. The van der Waals surface area contributed by atoms with Crippen LogP contribution in [0.4, 0.5) is 0 Å². The summed E-state index contributed by atoms with van der Waals surface area (Å²) in [6, 6.07) is -2.72. The number of benzene rings is 1. The van der Waals surface area contributed by atoms with E-state index in [2.05, 4.69) is 0 Å². The van der Waals surface area contributed by atoms with E-state index in [0.29, 0.717) is 0 Å². The summed E-state index contributed by atoms with van der Waals surface area (Å²) in [5.41, 5.74) is -5.39. The number of fused-ring (bicyclic) bond motifs is 3. The van der Waals surface area contributed by atoms with Gasteiger partial charge < -0.3 is 9.84 Å². The number of hydrogen-bond acceptors (Lipinski definition) is 2. The third-order valence-corrected chi connectivity index (χ3v) is 3.88. The minimum atomic E-state index is -4.22. The average molecular weight is 336 g/mol. The van der Waals surface area contributed by atoms with Crippen molar-refractivity contribution in [2.75, 3.05) is 0 Å². The molecule has 0 amide bonds. The molecule has 3 rings (SSSR count). The molecule has 0 saturated heterocycles. The van der Waals surface area contributed by atoms with Crippen LogP contribution < -0.4 is 4.74 Å². The molecule has 0 fully saturated rings. The van der Waals surface area contributed by atoms with Gasteiger partial charge in [-0.25, -0.2) is 0 Å². The summed E-state index contributed by atoms with van der Waals surface area (Å²) < 4.78 is 176. The Bertz CT molecular complexity index is 1350. The van der Waals surface area contributed by atoms with Gasteiger partial charge in [0.15, 0.2) is 0 Å². The molecular weight excluding hydrogens is 284 g/mol. The maximum Gasteiger partial charge on any atom is 0.127 e. The molecule has 0 saturated carbocycles. The van der Waals surface area contributed by atoms with Gasteiger partial charge in [-0.05, 0) is 63.8 Å². The minimum Gasteiger partial charge on any atom is -0.507 e. The van der Waals surface area contributed by atoms with Crippen molar-refractivity contribution < 1.29 is 38.6 Å². The van der Waals surface area contributed by atoms with Gasteiger partial charge in [-0.15, -0.1) is 0 Å². The normalized spacial score (nSPS) is 44.9. The van der Waals surface area contributed by atoms with Crippen LogP contribution >= 0.6 is 0 Å². The van der Waals surface area contributed by atoms with Crippen LogP contribution in [0.15, 0.2) is 23.7 Å². The van der Waals surface area contributed by atoms with Crippen LogP contribution in [0.1, 0.15) is 105 Å². The highest BCUT2D eigenvalue weighted by Crippen LogP contribution is 2.53. The van der Waals surface area contributed by atoms with E-state index < -0.39 is 111 Å². The van der Waals surface area contributed by atoms with Gasteiger partial charge in [0.1, 0.15) is 17.1 Å². The van der Waals surface area contributed by atoms with Gasteiger partial charge in [0, 0.05) is 43.4 Å². The number of aromatic hydroxyl groups is 1. The number of phenolic OH excluding ortho intramolecular Hbond substituents is 1. The molecule has 0 unspecified atom stereocenters. The van der Waals surface area contributed by atoms with Crippen molar-refractivity contribution in [3.05, 3.63) is 34.9 Å². The lowest BCUT2D eigenvalue weighted by molar-refractivity contribution is 0.0107. The van der Waals surface area contributed by atoms with Crippen LogP contribution in [0.3, 0.4) is 0 Å². The van der Waals surface area contributed by atoms with E-state index in [4.69, 9.17) is 33.5 Å². The monoisotopic (exact) mass is 335 g/mol. The molecule has 1 N–H and O–H groups in total. The number of allylic oxidation sites excluding steroid dienone is 2. The van der Waals surface area contributed by atoms with Gasteiger partial charge in [0.25, 0.3) is 0 Å². The van der Waals surface area contributed by atoms with Crippen LogP contribution in [0.2, 0.25) is 0 Å². The van der Waals surface area contributed by atoms with E-state index in [1.807, 2.05) is 0 Å². The van der Waals surface area contributed by atoms with Crippen molar-refractivity contribution in [1.82, 2.24) is 0 Å². The number of phenols is 1. The highest BCUT2D eigenvalue weighted by atomic mass is 16.5. The smallest absolute Gasteiger partial charge is 0.127 e. The van der Waals surface area contributed by atoms with Gasteiger partial charge in [-0.2, -0.15) is 0 Å². The quantitative estimate of drug-likeness (QED) is 0.711. The fourth-order valence-electron chi connectivity index (χ4n) is 2.84. The Hall–Kier alpha value is -1.44. The third kappa shape index (κ3) is 3.13. The summed E-state index contributed by atoms with van der Waals surface area (Å²) in [4.78, 5) is 0. The predicted octanol–water partition coefficient (Wildman–Crippen LogP) is 5.74. The van der Waals surface area contributed by atoms with Gasteiger partial charge in [0.2, 0.25) is 0 Å². The zero-order valence-electron chi connectivity index (χ0n) is 33.3. The van der Waals surface area contributed by atoms with E-state index in [1.165, 1.54) is 6.92 Å². The first kappa shape index (κ1) is 4.59. The number of ether oxygens (including phenoxy) is 1. The molecule has 1 heterocycles. The highest BCUT2D eigenvalue weighted by molar-refractivity contribution is 5.53. The second-order valence-electron chi connectivity index (χ2n) is 5.42. The molecule has 2 atom stereocenters. The van der Waals surface area contributed by atoms with Crippen LogP contribution in [0.25, 0.3) is 0 Å². The van der Waals surface area contributed by atoms with Crippen LogP contribution in [0, 0.1) is 5.92 Å². The summed E-state index contributed by atoms with van der Waals surface area (Å²) in [6.07, 6.45) is -18.4. The standard InChI is InChI=1S/C21H30O2/c1-5-6-7-8-15-12-18(22)20-16-11-14(2)9-10-17(16)21(3,4)23-19(20)13-15/h11-13,16-17,22H,5-10H2,1-4H3/t16-,17-/m1/s1/i1D3,3D3,4D3,5D2,6D2,7D2,8D2,9D2,12D,13D. The molecule has 126 valence electrons. The molecule has 2 nitrogen and oxygen atoms in total. The van der Waals surface area contributed by atoms with Gasteiger partial charge >= 0.3 is 0 Å². The maximum absolute atomic E-state index is 11.2. The Morgan fingerprint density at radius 2 is 2.35 bits per heavy atom.